The Kier molecular flexibility index (Phi) is 85.5. The molecule has 0 aliphatic heterocycles. The first kappa shape index (κ1) is 99.8. The molecule has 0 amide bonds. The Morgan fingerprint density at radius 2 is 0.440 bits per heavy atom. The molecule has 0 fully saturated rings. The first-order valence-corrected chi connectivity index (χ1v) is 44.9. The predicted octanol–water partition coefficient (Wildman–Crippen LogP) is 26.8. The van der Waals surface area contributed by atoms with E-state index in [2.05, 4.69) is 58.3 Å². The van der Waals surface area contributed by atoms with Crippen LogP contribution < -0.4 is 0 Å². The van der Waals surface area contributed by atoms with Gasteiger partial charge in [-0.2, -0.15) is 0 Å². The number of esters is 4. The Morgan fingerprint density at radius 3 is 0.700 bits per heavy atom. The summed E-state index contributed by atoms with van der Waals surface area (Å²) in [6.45, 7) is 23.5. The third kappa shape index (κ3) is 79.9. The van der Waals surface area contributed by atoms with E-state index >= 15 is 0 Å². The van der Waals surface area contributed by atoms with Crippen LogP contribution in [0, 0.1) is 0 Å². The molecule has 1 N–H and O–H groups in total. The van der Waals surface area contributed by atoms with Crippen LogP contribution in [0.1, 0.15) is 479 Å². The summed E-state index contributed by atoms with van der Waals surface area (Å²) in [5.41, 5.74) is 0. The zero-order valence-corrected chi connectivity index (χ0v) is 68.5. The Labute approximate surface area is 623 Å². The fourth-order valence-electron chi connectivity index (χ4n) is 13.9. The highest BCUT2D eigenvalue weighted by Crippen LogP contribution is 2.22. The lowest BCUT2D eigenvalue weighted by Crippen LogP contribution is -2.29. The van der Waals surface area contributed by atoms with Crippen LogP contribution in [0.4, 0.5) is 0 Å². The molecule has 11 nitrogen and oxygen atoms in total. The number of hydrogen-bond acceptors (Lipinski definition) is 11. The maximum Gasteiger partial charge on any atom is 0.306 e. The molecule has 0 atom stereocenters. The molecule has 11 heteroatoms. The van der Waals surface area contributed by atoms with E-state index in [1.54, 1.807) is 0 Å². The van der Waals surface area contributed by atoms with E-state index < -0.39 is 0 Å². The van der Waals surface area contributed by atoms with Gasteiger partial charge in [0.25, 0.3) is 0 Å². The number of nitrogens with zero attached hydrogens (tertiary/aromatic N) is 2. The lowest BCUT2D eigenvalue weighted by molar-refractivity contribution is -0.151. The van der Waals surface area contributed by atoms with Gasteiger partial charge in [-0.1, -0.05) is 331 Å². The number of aliphatic hydroxyl groups excluding tert-OH is 1. The highest BCUT2D eigenvalue weighted by molar-refractivity contribution is 5.70. The maximum atomic E-state index is 12.7. The highest BCUT2D eigenvalue weighted by atomic mass is 16.6. The second kappa shape index (κ2) is 85.7. The number of carbonyl (C=O) groups is 4. The zero-order valence-electron chi connectivity index (χ0n) is 68.5. The van der Waals surface area contributed by atoms with Gasteiger partial charge in [0.2, 0.25) is 0 Å². The van der Waals surface area contributed by atoms with E-state index in [9.17, 15) is 24.3 Å². The Morgan fingerprint density at radius 1 is 0.230 bits per heavy atom. The van der Waals surface area contributed by atoms with Gasteiger partial charge in [-0.15, -0.1) is 0 Å². The van der Waals surface area contributed by atoms with Gasteiger partial charge in [0.05, 0.1) is 19.8 Å². The Balaban J connectivity index is 0. The molecule has 0 unspecified atom stereocenters. The van der Waals surface area contributed by atoms with Crippen molar-refractivity contribution in [3.8, 4) is 0 Å². The summed E-state index contributed by atoms with van der Waals surface area (Å²) in [5.74, 6) is 0.00801. The van der Waals surface area contributed by atoms with Gasteiger partial charge in [0.1, 0.15) is 12.2 Å². The van der Waals surface area contributed by atoms with Crippen LogP contribution in [-0.2, 0) is 38.1 Å². The minimum Gasteiger partial charge on any atom is -0.466 e. The van der Waals surface area contributed by atoms with Gasteiger partial charge < -0.3 is 33.9 Å². The van der Waals surface area contributed by atoms with Crippen molar-refractivity contribution in [1.82, 2.24) is 9.80 Å². The van der Waals surface area contributed by atoms with E-state index in [1.807, 2.05) is 0 Å². The summed E-state index contributed by atoms with van der Waals surface area (Å²) in [7, 11) is 0. The third-order valence-corrected chi connectivity index (χ3v) is 20.5. The van der Waals surface area contributed by atoms with Crippen molar-refractivity contribution in [2.75, 3.05) is 59.1 Å². The average Bonchev–Trinajstić information content (AvgIpc) is 1.58. The zero-order chi connectivity index (χ0) is 73.2. The van der Waals surface area contributed by atoms with E-state index in [0.717, 1.165) is 161 Å². The van der Waals surface area contributed by atoms with Crippen LogP contribution in [0.15, 0.2) is 0 Å². The van der Waals surface area contributed by atoms with Gasteiger partial charge in [-0.3, -0.25) is 19.2 Å². The molecule has 0 bridgehead atoms. The fourth-order valence-corrected chi connectivity index (χ4v) is 13.9. The minimum absolute atomic E-state index is 0.00982. The van der Waals surface area contributed by atoms with Gasteiger partial charge in [0.15, 0.2) is 0 Å². The van der Waals surface area contributed by atoms with Crippen molar-refractivity contribution >= 4 is 23.9 Å². The molecule has 0 saturated heterocycles. The minimum atomic E-state index is -0.0312. The van der Waals surface area contributed by atoms with Crippen LogP contribution in [0.2, 0.25) is 0 Å². The molecule has 0 aromatic heterocycles. The lowest BCUT2D eigenvalue weighted by Gasteiger charge is -2.21. The first-order valence-electron chi connectivity index (χ1n) is 44.9. The molecule has 0 aliphatic carbocycles. The largest absolute Gasteiger partial charge is 0.466 e. The maximum absolute atomic E-state index is 12.7. The summed E-state index contributed by atoms with van der Waals surface area (Å²) >= 11 is 0. The Bertz CT molecular complexity index is 1600. The fraction of sp³-hybridized carbons (Fsp3) is 0.955. The topological polar surface area (TPSA) is 132 Å². The highest BCUT2D eigenvalue weighted by Gasteiger charge is 2.17. The molecule has 0 saturated carbocycles. The van der Waals surface area contributed by atoms with E-state index in [4.69, 9.17) is 18.9 Å². The average molecular weight is 1420 g/mol. The monoisotopic (exact) mass is 1420 g/mol. The molecule has 0 heterocycles. The van der Waals surface area contributed by atoms with Gasteiger partial charge in [0, 0.05) is 32.2 Å². The number of hydrogen-bond donors (Lipinski definition) is 1. The second-order valence-electron chi connectivity index (χ2n) is 30.6. The van der Waals surface area contributed by atoms with E-state index in [1.165, 1.54) is 283 Å². The van der Waals surface area contributed by atoms with Crippen LogP contribution >= 0.6 is 0 Å². The van der Waals surface area contributed by atoms with Crippen molar-refractivity contribution in [3.63, 3.8) is 0 Å². The summed E-state index contributed by atoms with van der Waals surface area (Å²) in [4.78, 5) is 54.5. The lowest BCUT2D eigenvalue weighted by atomic mass is 10.0. The molecular formula is C89H176N2O9. The number of aliphatic hydroxyl groups is 1. The first-order chi connectivity index (χ1) is 49.1. The van der Waals surface area contributed by atoms with Crippen molar-refractivity contribution < 1.29 is 43.2 Å². The van der Waals surface area contributed by atoms with Gasteiger partial charge in [-0.05, 0) is 155 Å². The molecule has 0 spiro atoms. The van der Waals surface area contributed by atoms with E-state index in [0.29, 0.717) is 38.9 Å². The van der Waals surface area contributed by atoms with Gasteiger partial charge in [-0.25, -0.2) is 0 Å². The Hall–Kier alpha value is -2.24. The normalized spacial score (nSPS) is 11.6. The van der Waals surface area contributed by atoms with Crippen molar-refractivity contribution in [1.29, 1.82) is 0 Å². The molecule has 596 valence electrons. The molecule has 0 aromatic rings. The molecule has 0 radical (unpaired) electrons. The van der Waals surface area contributed by atoms with Crippen molar-refractivity contribution in [2.45, 2.75) is 491 Å². The number of ether oxygens (including phenoxy) is 4. The van der Waals surface area contributed by atoms with Gasteiger partial charge >= 0.3 is 23.9 Å². The summed E-state index contributed by atoms with van der Waals surface area (Å²) in [5, 5.41) is 9.54. The molecule has 0 aromatic carbocycles. The number of unbranched alkanes of at least 4 members (excludes halogenated alkanes) is 48. The SMILES string of the molecule is CCCCCCCCCCCOC(=O)CCCCCN(CCC)CCCCCCCC(=O)OC(CCCCCCCC)CCCCCCCC.CCCCCCCCCOC(=O)CCCCCCCN(CCO)CCCCCCCC(=O)OC(CCCCCCCC)CCCCCCCC. The smallest absolute Gasteiger partial charge is 0.306 e. The number of carbonyl (C=O) groups excluding carboxylic acids is 4. The molecule has 0 aliphatic rings. The third-order valence-electron chi connectivity index (χ3n) is 20.5. The van der Waals surface area contributed by atoms with Crippen LogP contribution in [0.3, 0.4) is 0 Å². The quantitative estimate of drug-likeness (QED) is 0.0355. The second-order valence-corrected chi connectivity index (χ2v) is 30.6. The van der Waals surface area contributed by atoms with Crippen molar-refractivity contribution in [3.05, 3.63) is 0 Å². The van der Waals surface area contributed by atoms with E-state index in [-0.39, 0.29) is 42.7 Å². The van der Waals surface area contributed by atoms with Crippen LogP contribution in [-0.4, -0.2) is 110 Å². The van der Waals surface area contributed by atoms with Crippen molar-refractivity contribution in [2.24, 2.45) is 0 Å². The molecule has 100 heavy (non-hydrogen) atoms. The van der Waals surface area contributed by atoms with Crippen LogP contribution in [0.25, 0.3) is 0 Å². The number of rotatable bonds is 82. The molecule has 0 rings (SSSR count). The standard InChI is InChI=1S/C45H89NO4.C44H87NO5/c1-5-9-12-15-18-19-20-26-34-42-49-44(47)37-31-27-33-41-46(39-8-4)40-32-25-21-24-30-38-45(48)50-43(35-28-22-16-13-10-6-2)36-29-23-17-14-11-7-3;1-4-7-10-13-16-25-32-41-49-43(47)35-28-21-17-23-30-37-45(39-40-46)38-31-24-18-22-29-36-44(48)50-42(33-26-19-14-11-8-5-2)34-27-20-15-12-9-6-3/h43H,5-42H2,1-4H3;42,46H,4-41H2,1-3H3. The summed E-state index contributed by atoms with van der Waals surface area (Å²) in [6, 6.07) is 0. The molecular weight excluding hydrogens is 1240 g/mol. The summed E-state index contributed by atoms with van der Waals surface area (Å²) < 4.78 is 22.9. The summed E-state index contributed by atoms with van der Waals surface area (Å²) in [6.07, 6.45) is 78.9. The van der Waals surface area contributed by atoms with Crippen LogP contribution in [0.5, 0.6) is 0 Å². The predicted molar refractivity (Wildman–Crippen MR) is 431 cm³/mol.